The van der Waals surface area contributed by atoms with Gasteiger partial charge in [0, 0.05) is 25.0 Å². The lowest BCUT2D eigenvalue weighted by molar-refractivity contribution is -0.142. The average Bonchev–Trinajstić information content (AvgIpc) is 2.50. The zero-order chi connectivity index (χ0) is 15.2. The van der Waals surface area contributed by atoms with E-state index in [2.05, 4.69) is 5.32 Å². The van der Waals surface area contributed by atoms with Crippen molar-refractivity contribution < 1.29 is 9.59 Å². The summed E-state index contributed by atoms with van der Waals surface area (Å²) < 4.78 is 0. The number of amides is 2. The van der Waals surface area contributed by atoms with E-state index in [1.165, 1.54) is 0 Å². The van der Waals surface area contributed by atoms with Crippen LogP contribution in [0.3, 0.4) is 0 Å². The Morgan fingerprint density at radius 3 is 2.45 bits per heavy atom. The van der Waals surface area contributed by atoms with Gasteiger partial charge in [0.1, 0.15) is 6.04 Å². The van der Waals surface area contributed by atoms with Crippen LogP contribution in [0.15, 0.2) is 0 Å². The van der Waals surface area contributed by atoms with Crippen LogP contribution in [0.25, 0.3) is 0 Å². The fourth-order valence-corrected chi connectivity index (χ4v) is 3.42. The fraction of sp³-hybridized carbons (Fsp3) is 0.875. The molecule has 0 aromatic carbocycles. The largest absolute Gasteiger partial charge is 0.352 e. The van der Waals surface area contributed by atoms with E-state index < -0.39 is 0 Å². The summed E-state index contributed by atoms with van der Waals surface area (Å²) in [6, 6.07) is 0.270. The minimum atomic E-state index is -0.256. The van der Waals surface area contributed by atoms with E-state index in [0.29, 0.717) is 6.42 Å². The first-order valence-corrected chi connectivity index (χ1v) is 8.47. The molecule has 0 spiro atoms. The van der Waals surface area contributed by atoms with Crippen LogP contribution < -0.4 is 11.1 Å². The molecular weight excluding hydrogens is 302 g/mol. The predicted octanol–water partition coefficient (Wildman–Crippen LogP) is 1.98. The van der Waals surface area contributed by atoms with Crippen molar-refractivity contribution in [1.82, 2.24) is 10.2 Å². The average molecular weight is 332 g/mol. The molecule has 22 heavy (non-hydrogen) atoms. The van der Waals surface area contributed by atoms with Crippen molar-refractivity contribution in [3.05, 3.63) is 0 Å². The highest BCUT2D eigenvalue weighted by molar-refractivity contribution is 5.88. The standard InChI is InChI=1S/C16H29N3O2.ClH/c1-2-5-15(20)19-11-4-3-6-14(19)16(21)18-13-9-7-12(17)8-10-13;/h12-14H,2-11,17H2,1H3,(H,18,21);1H. The molecule has 2 amide bonds. The van der Waals surface area contributed by atoms with Crippen LogP contribution in [0.1, 0.15) is 64.7 Å². The number of nitrogens with one attached hydrogen (secondary N) is 1. The lowest BCUT2D eigenvalue weighted by atomic mass is 9.91. The Morgan fingerprint density at radius 2 is 1.82 bits per heavy atom. The molecule has 1 saturated carbocycles. The van der Waals surface area contributed by atoms with Crippen LogP contribution in [0.5, 0.6) is 0 Å². The van der Waals surface area contributed by atoms with Crippen molar-refractivity contribution in [2.45, 2.75) is 82.8 Å². The van der Waals surface area contributed by atoms with Gasteiger partial charge in [0.15, 0.2) is 0 Å². The van der Waals surface area contributed by atoms with Gasteiger partial charge in [-0.3, -0.25) is 9.59 Å². The van der Waals surface area contributed by atoms with Crippen LogP contribution in [-0.4, -0.2) is 41.4 Å². The molecule has 1 atom stereocenters. The zero-order valence-electron chi connectivity index (χ0n) is 13.6. The summed E-state index contributed by atoms with van der Waals surface area (Å²) in [5.41, 5.74) is 5.90. The SMILES string of the molecule is CCCC(=O)N1CCCCC1C(=O)NC1CCC(N)CC1.Cl. The molecule has 2 rings (SSSR count). The van der Waals surface area contributed by atoms with Crippen LogP contribution >= 0.6 is 12.4 Å². The topological polar surface area (TPSA) is 75.4 Å². The van der Waals surface area contributed by atoms with Gasteiger partial charge in [-0.2, -0.15) is 0 Å². The van der Waals surface area contributed by atoms with Crippen molar-refractivity contribution in [2.75, 3.05) is 6.54 Å². The smallest absolute Gasteiger partial charge is 0.243 e. The molecule has 0 aromatic heterocycles. The van der Waals surface area contributed by atoms with Gasteiger partial charge in [-0.1, -0.05) is 6.92 Å². The first-order valence-electron chi connectivity index (χ1n) is 8.47. The quantitative estimate of drug-likeness (QED) is 0.827. The van der Waals surface area contributed by atoms with Gasteiger partial charge in [0.05, 0.1) is 0 Å². The molecule has 5 nitrogen and oxygen atoms in total. The van der Waals surface area contributed by atoms with Gasteiger partial charge in [0.2, 0.25) is 11.8 Å². The van der Waals surface area contributed by atoms with Crippen molar-refractivity contribution in [2.24, 2.45) is 5.73 Å². The number of hydrogen-bond acceptors (Lipinski definition) is 3. The number of carbonyl (C=O) groups is 2. The second kappa shape index (κ2) is 9.36. The minimum absolute atomic E-state index is 0. The van der Waals surface area contributed by atoms with E-state index >= 15 is 0 Å². The summed E-state index contributed by atoms with van der Waals surface area (Å²) in [5, 5.41) is 3.15. The molecule has 2 fully saturated rings. The molecule has 1 saturated heterocycles. The summed E-state index contributed by atoms with van der Waals surface area (Å²) in [5.74, 6) is 0.169. The van der Waals surface area contributed by atoms with Crippen LogP contribution in [-0.2, 0) is 9.59 Å². The monoisotopic (exact) mass is 331 g/mol. The highest BCUT2D eigenvalue weighted by Gasteiger charge is 2.33. The van der Waals surface area contributed by atoms with Crippen molar-refractivity contribution in [3.8, 4) is 0 Å². The number of carbonyl (C=O) groups excluding carboxylic acids is 2. The molecule has 3 N–H and O–H groups in total. The van der Waals surface area contributed by atoms with E-state index in [4.69, 9.17) is 5.73 Å². The van der Waals surface area contributed by atoms with Gasteiger partial charge < -0.3 is 16.0 Å². The summed E-state index contributed by atoms with van der Waals surface area (Å²) in [7, 11) is 0. The highest BCUT2D eigenvalue weighted by Crippen LogP contribution is 2.21. The first kappa shape index (κ1) is 19.2. The summed E-state index contributed by atoms with van der Waals surface area (Å²) >= 11 is 0. The molecular formula is C16H30ClN3O2. The van der Waals surface area contributed by atoms with Gasteiger partial charge >= 0.3 is 0 Å². The summed E-state index contributed by atoms with van der Waals surface area (Å²) in [6.07, 6.45) is 8.11. The third-order valence-corrected chi connectivity index (χ3v) is 4.71. The molecule has 1 unspecified atom stereocenters. The Labute approximate surface area is 139 Å². The maximum atomic E-state index is 12.5. The van der Waals surface area contributed by atoms with Crippen molar-refractivity contribution in [3.63, 3.8) is 0 Å². The maximum Gasteiger partial charge on any atom is 0.243 e. The number of halogens is 1. The number of nitrogens with zero attached hydrogens (tertiary/aromatic N) is 1. The van der Waals surface area contributed by atoms with Crippen LogP contribution in [0.2, 0.25) is 0 Å². The third-order valence-electron chi connectivity index (χ3n) is 4.71. The molecule has 0 radical (unpaired) electrons. The lowest BCUT2D eigenvalue weighted by Crippen LogP contribution is -2.54. The van der Waals surface area contributed by atoms with Gasteiger partial charge in [-0.05, 0) is 51.4 Å². The number of likely N-dealkylation sites (tertiary alicyclic amines) is 1. The second-order valence-electron chi connectivity index (χ2n) is 6.47. The van der Waals surface area contributed by atoms with Crippen LogP contribution in [0, 0.1) is 0 Å². The fourth-order valence-electron chi connectivity index (χ4n) is 3.42. The van der Waals surface area contributed by atoms with E-state index in [1.54, 1.807) is 4.90 Å². The Morgan fingerprint density at radius 1 is 1.14 bits per heavy atom. The summed E-state index contributed by atoms with van der Waals surface area (Å²) in [4.78, 5) is 26.5. The first-order chi connectivity index (χ1) is 10.1. The van der Waals surface area contributed by atoms with Crippen molar-refractivity contribution >= 4 is 24.2 Å². The molecule has 0 aromatic rings. The van der Waals surface area contributed by atoms with Crippen LogP contribution in [0.4, 0.5) is 0 Å². The minimum Gasteiger partial charge on any atom is -0.352 e. The molecule has 2 aliphatic rings. The van der Waals surface area contributed by atoms with E-state index in [0.717, 1.165) is 57.9 Å². The Hall–Kier alpha value is -0.810. The predicted molar refractivity (Wildman–Crippen MR) is 89.9 cm³/mol. The molecule has 128 valence electrons. The van der Waals surface area contributed by atoms with Gasteiger partial charge in [-0.25, -0.2) is 0 Å². The molecule has 1 heterocycles. The number of nitrogens with two attached hydrogens (primary N) is 1. The van der Waals surface area contributed by atoms with E-state index in [9.17, 15) is 9.59 Å². The number of piperidine rings is 1. The number of hydrogen-bond donors (Lipinski definition) is 2. The van der Waals surface area contributed by atoms with Crippen molar-refractivity contribution in [1.29, 1.82) is 0 Å². The Bertz CT molecular complexity index is 370. The maximum absolute atomic E-state index is 12.5. The number of rotatable bonds is 4. The lowest BCUT2D eigenvalue weighted by Gasteiger charge is -2.36. The van der Waals surface area contributed by atoms with Gasteiger partial charge in [0.25, 0.3) is 0 Å². The normalized spacial score (nSPS) is 28.6. The van der Waals surface area contributed by atoms with E-state index in [-0.39, 0.29) is 42.3 Å². The van der Waals surface area contributed by atoms with E-state index in [1.807, 2.05) is 6.92 Å². The summed E-state index contributed by atoms with van der Waals surface area (Å²) in [6.45, 7) is 2.73. The Kier molecular flexibility index (Phi) is 8.18. The molecule has 1 aliphatic carbocycles. The second-order valence-corrected chi connectivity index (χ2v) is 6.47. The molecule has 6 heteroatoms. The zero-order valence-corrected chi connectivity index (χ0v) is 14.4. The highest BCUT2D eigenvalue weighted by atomic mass is 35.5. The van der Waals surface area contributed by atoms with Gasteiger partial charge in [-0.15, -0.1) is 12.4 Å². The third kappa shape index (κ3) is 5.13. The molecule has 1 aliphatic heterocycles. The molecule has 0 bridgehead atoms. The Balaban J connectivity index is 0.00000242.